The van der Waals surface area contributed by atoms with Crippen molar-refractivity contribution in [1.82, 2.24) is 4.98 Å². The summed E-state index contributed by atoms with van der Waals surface area (Å²) < 4.78 is 5.78. The number of oxazole rings is 1. The molecular formula is C21H13Cl2NO. The van der Waals surface area contributed by atoms with Gasteiger partial charge in [-0.25, -0.2) is 4.98 Å². The van der Waals surface area contributed by atoms with Crippen LogP contribution < -0.4 is 0 Å². The largest absolute Gasteiger partial charge is 0.437 e. The molecule has 0 spiro atoms. The Labute approximate surface area is 155 Å². The minimum absolute atomic E-state index is 0.517. The number of fused-ring (bicyclic) bond motifs is 1. The van der Waals surface area contributed by atoms with Gasteiger partial charge in [0.1, 0.15) is 5.52 Å². The lowest BCUT2D eigenvalue weighted by Crippen LogP contribution is -1.77. The molecule has 122 valence electrons. The first-order chi connectivity index (χ1) is 12.2. The monoisotopic (exact) mass is 365 g/mol. The van der Waals surface area contributed by atoms with Crippen molar-refractivity contribution in [3.05, 3.63) is 88.2 Å². The van der Waals surface area contributed by atoms with Gasteiger partial charge in [0.2, 0.25) is 5.89 Å². The molecule has 3 aromatic carbocycles. The van der Waals surface area contributed by atoms with E-state index in [1.165, 1.54) is 0 Å². The standard InChI is InChI=1S/C21H13Cl2NO/c22-17-8-4-7-15(21(17)23)10-12-20-24-18-13-16(9-11-19(18)25-20)14-5-2-1-3-6-14/h1-13H/b12-10+. The third-order valence-electron chi connectivity index (χ3n) is 3.90. The van der Waals surface area contributed by atoms with Crippen molar-refractivity contribution in [3.63, 3.8) is 0 Å². The van der Waals surface area contributed by atoms with Crippen LogP contribution in [0.5, 0.6) is 0 Å². The fraction of sp³-hybridized carbons (Fsp3) is 0. The van der Waals surface area contributed by atoms with Crippen molar-refractivity contribution in [2.75, 3.05) is 0 Å². The third-order valence-corrected chi connectivity index (χ3v) is 4.73. The summed E-state index contributed by atoms with van der Waals surface area (Å²) in [4.78, 5) is 4.54. The van der Waals surface area contributed by atoms with Crippen molar-refractivity contribution in [2.24, 2.45) is 0 Å². The van der Waals surface area contributed by atoms with Crippen LogP contribution in [0.2, 0.25) is 10.0 Å². The Morgan fingerprint density at radius 1 is 0.800 bits per heavy atom. The van der Waals surface area contributed by atoms with Crippen LogP contribution in [0, 0.1) is 0 Å². The number of hydrogen-bond acceptors (Lipinski definition) is 2. The first-order valence-corrected chi connectivity index (χ1v) is 8.54. The summed E-state index contributed by atoms with van der Waals surface area (Å²) >= 11 is 12.2. The van der Waals surface area contributed by atoms with E-state index >= 15 is 0 Å². The van der Waals surface area contributed by atoms with Gasteiger partial charge in [0.05, 0.1) is 10.0 Å². The molecule has 4 rings (SSSR count). The molecule has 2 nitrogen and oxygen atoms in total. The zero-order chi connectivity index (χ0) is 17.2. The number of nitrogens with zero attached hydrogens (tertiary/aromatic N) is 1. The Balaban J connectivity index is 1.67. The quantitative estimate of drug-likeness (QED) is 0.391. The van der Waals surface area contributed by atoms with Gasteiger partial charge in [0.15, 0.2) is 5.58 Å². The van der Waals surface area contributed by atoms with Crippen LogP contribution in [-0.2, 0) is 0 Å². The normalized spacial score (nSPS) is 11.4. The topological polar surface area (TPSA) is 26.0 Å². The van der Waals surface area contributed by atoms with E-state index < -0.39 is 0 Å². The maximum Gasteiger partial charge on any atom is 0.220 e. The van der Waals surface area contributed by atoms with Crippen LogP contribution >= 0.6 is 23.2 Å². The van der Waals surface area contributed by atoms with Crippen LogP contribution in [0.15, 0.2) is 71.1 Å². The van der Waals surface area contributed by atoms with E-state index in [2.05, 4.69) is 17.1 Å². The molecule has 1 aromatic heterocycles. The lowest BCUT2D eigenvalue weighted by molar-refractivity contribution is 0.590. The Morgan fingerprint density at radius 3 is 2.48 bits per heavy atom. The molecule has 0 aliphatic rings. The molecule has 0 fully saturated rings. The molecule has 0 unspecified atom stereocenters. The van der Waals surface area contributed by atoms with E-state index in [1.807, 2.05) is 54.6 Å². The second-order valence-corrected chi connectivity index (χ2v) is 6.36. The zero-order valence-corrected chi connectivity index (χ0v) is 14.6. The third kappa shape index (κ3) is 3.32. The highest BCUT2D eigenvalue weighted by atomic mass is 35.5. The number of benzene rings is 3. The zero-order valence-electron chi connectivity index (χ0n) is 13.1. The van der Waals surface area contributed by atoms with Gasteiger partial charge >= 0.3 is 0 Å². The molecule has 0 saturated carbocycles. The second kappa shape index (κ2) is 6.75. The Morgan fingerprint density at radius 2 is 1.64 bits per heavy atom. The summed E-state index contributed by atoms with van der Waals surface area (Å²) in [5.74, 6) is 0.524. The molecule has 4 aromatic rings. The SMILES string of the molecule is Clc1cccc(/C=C/c2nc3cc(-c4ccccc4)ccc3o2)c1Cl. The summed E-state index contributed by atoms with van der Waals surface area (Å²) in [6, 6.07) is 21.7. The highest BCUT2D eigenvalue weighted by molar-refractivity contribution is 6.42. The van der Waals surface area contributed by atoms with Gasteiger partial charge in [-0.2, -0.15) is 0 Å². The van der Waals surface area contributed by atoms with Crippen molar-refractivity contribution in [3.8, 4) is 11.1 Å². The molecule has 1 heterocycles. The van der Waals surface area contributed by atoms with Crippen molar-refractivity contribution >= 4 is 46.5 Å². The van der Waals surface area contributed by atoms with Crippen molar-refractivity contribution in [2.45, 2.75) is 0 Å². The Kier molecular flexibility index (Phi) is 4.31. The summed E-state index contributed by atoms with van der Waals surface area (Å²) in [5.41, 5.74) is 4.64. The van der Waals surface area contributed by atoms with Gasteiger partial charge in [-0.15, -0.1) is 0 Å². The first-order valence-electron chi connectivity index (χ1n) is 7.79. The van der Waals surface area contributed by atoms with E-state index in [9.17, 15) is 0 Å². The van der Waals surface area contributed by atoms with Crippen molar-refractivity contribution in [1.29, 1.82) is 0 Å². The molecule has 0 N–H and O–H groups in total. The Bertz CT molecular complexity index is 1070. The maximum absolute atomic E-state index is 6.19. The number of aromatic nitrogens is 1. The average molecular weight is 366 g/mol. The highest BCUT2D eigenvalue weighted by Crippen LogP contribution is 2.28. The number of halogens is 2. The molecule has 25 heavy (non-hydrogen) atoms. The van der Waals surface area contributed by atoms with E-state index in [1.54, 1.807) is 12.1 Å². The van der Waals surface area contributed by atoms with Gasteiger partial charge < -0.3 is 4.42 Å². The molecule has 0 saturated heterocycles. The smallest absolute Gasteiger partial charge is 0.220 e. The maximum atomic E-state index is 6.19. The van der Waals surface area contributed by atoms with Gasteiger partial charge in [-0.3, -0.25) is 0 Å². The highest BCUT2D eigenvalue weighted by Gasteiger charge is 2.06. The van der Waals surface area contributed by atoms with Gasteiger partial charge in [-0.05, 0) is 41.0 Å². The number of rotatable bonds is 3. The molecule has 0 amide bonds. The average Bonchev–Trinajstić information content (AvgIpc) is 3.06. The van der Waals surface area contributed by atoms with E-state index in [4.69, 9.17) is 27.6 Å². The van der Waals surface area contributed by atoms with E-state index in [0.29, 0.717) is 15.9 Å². The molecule has 0 aliphatic carbocycles. The summed E-state index contributed by atoms with van der Waals surface area (Å²) in [6.45, 7) is 0. The van der Waals surface area contributed by atoms with Gasteiger partial charge in [0.25, 0.3) is 0 Å². The fourth-order valence-corrected chi connectivity index (χ4v) is 3.01. The molecule has 4 heteroatoms. The van der Waals surface area contributed by atoms with Crippen LogP contribution in [0.4, 0.5) is 0 Å². The van der Waals surface area contributed by atoms with Crippen LogP contribution in [0.1, 0.15) is 11.5 Å². The fourth-order valence-electron chi connectivity index (χ4n) is 2.64. The second-order valence-electron chi connectivity index (χ2n) is 5.58. The molecular weight excluding hydrogens is 353 g/mol. The van der Waals surface area contributed by atoms with Gasteiger partial charge in [0, 0.05) is 6.08 Å². The molecule has 0 radical (unpaired) electrons. The first kappa shape index (κ1) is 15.9. The van der Waals surface area contributed by atoms with Crippen LogP contribution in [0.3, 0.4) is 0 Å². The lowest BCUT2D eigenvalue weighted by atomic mass is 10.1. The summed E-state index contributed by atoms with van der Waals surface area (Å²) in [5, 5.41) is 1.04. The van der Waals surface area contributed by atoms with Crippen LogP contribution in [-0.4, -0.2) is 4.98 Å². The minimum Gasteiger partial charge on any atom is -0.437 e. The van der Waals surface area contributed by atoms with Crippen LogP contribution in [0.25, 0.3) is 34.4 Å². The van der Waals surface area contributed by atoms with E-state index in [0.717, 1.165) is 27.8 Å². The molecule has 0 aliphatic heterocycles. The predicted octanol–water partition coefficient (Wildman–Crippen LogP) is 6.97. The van der Waals surface area contributed by atoms with Gasteiger partial charge in [-0.1, -0.05) is 71.7 Å². The Hall–Kier alpha value is -2.55. The van der Waals surface area contributed by atoms with Crippen molar-refractivity contribution < 1.29 is 4.42 Å². The summed E-state index contributed by atoms with van der Waals surface area (Å²) in [6.07, 6.45) is 3.64. The minimum atomic E-state index is 0.517. The molecule has 0 bridgehead atoms. The predicted molar refractivity (Wildman–Crippen MR) is 105 cm³/mol. The molecule has 0 atom stereocenters. The van der Waals surface area contributed by atoms with E-state index in [-0.39, 0.29) is 0 Å². The number of hydrogen-bond donors (Lipinski definition) is 0. The lowest BCUT2D eigenvalue weighted by Gasteiger charge is -1.99. The summed E-state index contributed by atoms with van der Waals surface area (Å²) in [7, 11) is 0.